The molecule has 0 aromatic carbocycles. The van der Waals surface area contributed by atoms with Crippen molar-refractivity contribution in [2.24, 2.45) is 11.7 Å². The van der Waals surface area contributed by atoms with Crippen molar-refractivity contribution in [2.75, 3.05) is 6.54 Å². The third-order valence-electron chi connectivity index (χ3n) is 4.10. The Labute approximate surface area is 108 Å². The van der Waals surface area contributed by atoms with Gasteiger partial charge in [-0.25, -0.2) is 0 Å². The summed E-state index contributed by atoms with van der Waals surface area (Å²) in [7, 11) is 0. The van der Waals surface area contributed by atoms with E-state index in [4.69, 9.17) is 5.73 Å². The minimum absolute atomic E-state index is 0.283. The molecular formula is C14H22N2S. The zero-order chi connectivity index (χ0) is 11.7. The lowest BCUT2D eigenvalue weighted by atomic mass is 10.1. The topological polar surface area (TPSA) is 29.3 Å². The van der Waals surface area contributed by atoms with Gasteiger partial charge in [-0.3, -0.25) is 4.90 Å². The van der Waals surface area contributed by atoms with Crippen LogP contribution >= 0.6 is 11.3 Å². The Balaban J connectivity index is 1.82. The summed E-state index contributed by atoms with van der Waals surface area (Å²) in [5.41, 5.74) is 6.38. The van der Waals surface area contributed by atoms with Crippen molar-refractivity contribution in [1.82, 2.24) is 4.90 Å². The van der Waals surface area contributed by atoms with Crippen LogP contribution in [0.1, 0.15) is 49.4 Å². The molecule has 1 saturated carbocycles. The minimum Gasteiger partial charge on any atom is -0.316 e. The molecule has 94 valence electrons. The summed E-state index contributed by atoms with van der Waals surface area (Å²) in [5.74, 6) is 0.873. The fourth-order valence-corrected chi connectivity index (χ4v) is 3.98. The predicted octanol–water partition coefficient (Wildman–Crippen LogP) is 3.36. The Kier molecular flexibility index (Phi) is 3.50. The van der Waals surface area contributed by atoms with Crippen LogP contribution in [0.3, 0.4) is 0 Å². The smallest absolute Gasteiger partial charge is 0.0577 e. The van der Waals surface area contributed by atoms with E-state index in [-0.39, 0.29) is 6.17 Å². The summed E-state index contributed by atoms with van der Waals surface area (Å²) >= 11 is 1.90. The van der Waals surface area contributed by atoms with Crippen molar-refractivity contribution < 1.29 is 0 Å². The average molecular weight is 250 g/mol. The van der Waals surface area contributed by atoms with Gasteiger partial charge in [0.1, 0.15) is 0 Å². The quantitative estimate of drug-likeness (QED) is 0.891. The predicted molar refractivity (Wildman–Crippen MR) is 72.9 cm³/mol. The fourth-order valence-electron chi connectivity index (χ4n) is 3.04. The van der Waals surface area contributed by atoms with E-state index < -0.39 is 0 Å². The van der Waals surface area contributed by atoms with Gasteiger partial charge in [-0.1, -0.05) is 18.9 Å². The van der Waals surface area contributed by atoms with Crippen LogP contribution in [0.2, 0.25) is 0 Å². The Morgan fingerprint density at radius 3 is 2.82 bits per heavy atom. The lowest BCUT2D eigenvalue weighted by Gasteiger charge is -2.34. The van der Waals surface area contributed by atoms with Crippen LogP contribution < -0.4 is 5.73 Å². The molecule has 3 rings (SSSR count). The molecule has 17 heavy (non-hydrogen) atoms. The summed E-state index contributed by atoms with van der Waals surface area (Å²) in [5, 5.41) is 2.20. The molecule has 2 aliphatic rings. The molecule has 2 N–H and O–H groups in total. The van der Waals surface area contributed by atoms with E-state index in [1.54, 1.807) is 0 Å². The van der Waals surface area contributed by atoms with E-state index in [1.807, 2.05) is 11.3 Å². The van der Waals surface area contributed by atoms with Gasteiger partial charge in [0.25, 0.3) is 0 Å². The van der Waals surface area contributed by atoms with Gasteiger partial charge < -0.3 is 5.73 Å². The van der Waals surface area contributed by atoms with Crippen LogP contribution in [0.15, 0.2) is 17.5 Å². The van der Waals surface area contributed by atoms with Gasteiger partial charge in [-0.2, -0.15) is 0 Å². The van der Waals surface area contributed by atoms with Crippen molar-refractivity contribution in [1.29, 1.82) is 0 Å². The second kappa shape index (κ2) is 5.09. The first kappa shape index (κ1) is 11.7. The van der Waals surface area contributed by atoms with E-state index >= 15 is 0 Å². The van der Waals surface area contributed by atoms with E-state index in [1.165, 1.54) is 49.9 Å². The molecule has 2 heterocycles. The second-order valence-electron chi connectivity index (χ2n) is 5.45. The molecule has 1 aliphatic heterocycles. The third-order valence-corrected chi connectivity index (χ3v) is 5.05. The van der Waals surface area contributed by atoms with E-state index in [0.29, 0.717) is 6.04 Å². The zero-order valence-corrected chi connectivity index (χ0v) is 11.2. The first-order valence-corrected chi connectivity index (χ1v) is 7.79. The summed E-state index contributed by atoms with van der Waals surface area (Å²) in [6.45, 7) is 1.19. The number of likely N-dealkylation sites (tertiary alicyclic amines) is 1. The normalized spacial score (nSPS) is 28.9. The molecule has 2 atom stereocenters. The van der Waals surface area contributed by atoms with Crippen LogP contribution in [0.4, 0.5) is 0 Å². The molecule has 1 aliphatic carbocycles. The maximum absolute atomic E-state index is 6.38. The molecule has 0 amide bonds. The minimum atomic E-state index is 0.283. The monoisotopic (exact) mass is 250 g/mol. The van der Waals surface area contributed by atoms with Crippen molar-refractivity contribution in [3.63, 3.8) is 0 Å². The summed E-state index contributed by atoms with van der Waals surface area (Å²) in [6.07, 6.45) is 8.23. The number of thiophene rings is 1. The van der Waals surface area contributed by atoms with Crippen LogP contribution in [-0.4, -0.2) is 17.6 Å². The van der Waals surface area contributed by atoms with Gasteiger partial charge in [0.2, 0.25) is 0 Å². The molecule has 2 fully saturated rings. The molecule has 2 unspecified atom stereocenters. The Bertz CT molecular complexity index is 345. The van der Waals surface area contributed by atoms with Gasteiger partial charge in [-0.15, -0.1) is 11.3 Å². The SMILES string of the molecule is NC1CCCCCN1C(c1cccs1)C1CC1. The van der Waals surface area contributed by atoms with Gasteiger partial charge >= 0.3 is 0 Å². The maximum atomic E-state index is 6.38. The van der Waals surface area contributed by atoms with Crippen LogP contribution in [0.5, 0.6) is 0 Å². The highest BCUT2D eigenvalue weighted by Gasteiger charge is 2.38. The molecule has 0 radical (unpaired) electrons. The lowest BCUT2D eigenvalue weighted by Crippen LogP contribution is -2.44. The first-order valence-electron chi connectivity index (χ1n) is 6.91. The third kappa shape index (κ3) is 2.56. The zero-order valence-electron chi connectivity index (χ0n) is 10.3. The van der Waals surface area contributed by atoms with Crippen molar-refractivity contribution in [3.05, 3.63) is 22.4 Å². The fraction of sp³-hybridized carbons (Fsp3) is 0.714. The molecule has 1 aromatic rings. The van der Waals surface area contributed by atoms with Crippen LogP contribution in [-0.2, 0) is 0 Å². The van der Waals surface area contributed by atoms with Crippen molar-refractivity contribution >= 4 is 11.3 Å². The number of nitrogens with two attached hydrogens (primary N) is 1. The van der Waals surface area contributed by atoms with Crippen LogP contribution in [0.25, 0.3) is 0 Å². The highest BCUT2D eigenvalue weighted by Crippen LogP contribution is 2.46. The molecule has 0 spiro atoms. The average Bonchev–Trinajstić information content (AvgIpc) is 3.05. The number of rotatable bonds is 3. The summed E-state index contributed by atoms with van der Waals surface area (Å²) in [6, 6.07) is 5.09. The van der Waals surface area contributed by atoms with Gasteiger partial charge in [0, 0.05) is 17.5 Å². The molecule has 1 saturated heterocycles. The van der Waals surface area contributed by atoms with Crippen molar-refractivity contribution in [2.45, 2.75) is 50.7 Å². The maximum Gasteiger partial charge on any atom is 0.0577 e. The largest absolute Gasteiger partial charge is 0.316 e. The number of hydrogen-bond donors (Lipinski definition) is 1. The second-order valence-corrected chi connectivity index (χ2v) is 6.43. The highest BCUT2D eigenvalue weighted by atomic mass is 32.1. The summed E-state index contributed by atoms with van der Waals surface area (Å²) < 4.78 is 0. The Morgan fingerprint density at radius 1 is 1.24 bits per heavy atom. The van der Waals surface area contributed by atoms with Gasteiger partial charge in [-0.05, 0) is 43.0 Å². The first-order chi connectivity index (χ1) is 8.36. The van der Waals surface area contributed by atoms with E-state index in [2.05, 4.69) is 22.4 Å². The molecular weight excluding hydrogens is 228 g/mol. The van der Waals surface area contributed by atoms with E-state index in [0.717, 1.165) is 5.92 Å². The standard InChI is InChI=1S/C14H22N2S/c15-13-6-2-1-3-9-16(13)14(11-7-8-11)12-5-4-10-17-12/h4-5,10-11,13-14H,1-3,6-9,15H2. The molecule has 2 nitrogen and oxygen atoms in total. The van der Waals surface area contributed by atoms with Gasteiger partial charge in [0.15, 0.2) is 0 Å². The molecule has 1 aromatic heterocycles. The summed E-state index contributed by atoms with van der Waals surface area (Å²) in [4.78, 5) is 4.13. The Hall–Kier alpha value is -0.380. The Morgan fingerprint density at radius 2 is 2.12 bits per heavy atom. The van der Waals surface area contributed by atoms with Crippen molar-refractivity contribution in [3.8, 4) is 0 Å². The molecule has 3 heteroatoms. The van der Waals surface area contributed by atoms with Crippen LogP contribution in [0, 0.1) is 5.92 Å². The number of nitrogens with zero attached hydrogens (tertiary/aromatic N) is 1. The van der Waals surface area contributed by atoms with E-state index in [9.17, 15) is 0 Å². The molecule has 0 bridgehead atoms. The number of hydrogen-bond acceptors (Lipinski definition) is 3. The highest BCUT2D eigenvalue weighted by molar-refractivity contribution is 7.10. The lowest BCUT2D eigenvalue weighted by molar-refractivity contribution is 0.125. The van der Waals surface area contributed by atoms with Gasteiger partial charge in [0.05, 0.1) is 6.17 Å².